The van der Waals surface area contributed by atoms with Crippen molar-refractivity contribution in [1.29, 1.82) is 0 Å². The van der Waals surface area contributed by atoms with Crippen LogP contribution in [0, 0.1) is 0 Å². The highest BCUT2D eigenvalue weighted by Crippen LogP contribution is 2.09. The average molecular weight is 288 g/mol. The maximum absolute atomic E-state index is 10.2. The van der Waals surface area contributed by atoms with Gasteiger partial charge in [0.2, 0.25) is 0 Å². The second-order valence-corrected chi connectivity index (χ2v) is 4.29. The fraction of sp³-hybridized carbons (Fsp3) is 0.125. The number of hydrogen-bond acceptors (Lipinski definition) is 3. The van der Waals surface area contributed by atoms with Gasteiger partial charge in [0, 0.05) is 0 Å². The van der Waals surface area contributed by atoms with E-state index in [1.807, 2.05) is 18.2 Å². The third kappa shape index (κ3) is 7.37. The smallest absolute Gasteiger partial charge is 0.307 e. The predicted octanol–water partition coefficient (Wildman–Crippen LogP) is 2.33. The molecule has 0 fully saturated rings. The molecule has 2 rings (SSSR count). The number of rotatable bonds is 4. The minimum atomic E-state index is -0.865. The summed E-state index contributed by atoms with van der Waals surface area (Å²) in [5.41, 5.74) is 1.53. The van der Waals surface area contributed by atoms with E-state index in [4.69, 9.17) is 15.3 Å². The molecule has 5 heteroatoms. The van der Waals surface area contributed by atoms with Crippen LogP contribution in [0.2, 0.25) is 0 Å². The molecule has 0 bridgehead atoms. The summed E-state index contributed by atoms with van der Waals surface area (Å²) < 4.78 is 0. The van der Waals surface area contributed by atoms with Gasteiger partial charge in [-0.1, -0.05) is 42.5 Å². The molecular weight excluding hydrogens is 272 g/mol. The first-order chi connectivity index (χ1) is 9.97. The number of phenols is 1. The zero-order valence-electron chi connectivity index (χ0n) is 11.3. The summed E-state index contributed by atoms with van der Waals surface area (Å²) in [7, 11) is 0. The highest BCUT2D eigenvalue weighted by atomic mass is 16.4. The molecule has 2 aromatic rings. The van der Waals surface area contributed by atoms with Crippen molar-refractivity contribution in [2.75, 3.05) is 0 Å². The molecule has 0 radical (unpaired) electrons. The van der Waals surface area contributed by atoms with E-state index in [1.165, 1.54) is 12.1 Å². The Labute approximate surface area is 122 Å². The highest BCUT2D eigenvalue weighted by molar-refractivity contribution is 5.70. The first-order valence-electron chi connectivity index (χ1n) is 6.23. The largest absolute Gasteiger partial charge is 0.508 e. The van der Waals surface area contributed by atoms with Gasteiger partial charge in [0.05, 0.1) is 12.8 Å². The van der Waals surface area contributed by atoms with Crippen LogP contribution in [0.4, 0.5) is 0 Å². The van der Waals surface area contributed by atoms with Crippen LogP contribution in [0.3, 0.4) is 0 Å². The second kappa shape index (κ2) is 8.37. The van der Waals surface area contributed by atoms with E-state index in [-0.39, 0.29) is 18.6 Å². The van der Waals surface area contributed by atoms with E-state index in [0.717, 1.165) is 5.56 Å². The molecule has 0 amide bonds. The molecule has 21 heavy (non-hydrogen) atoms. The molecule has 0 aliphatic heterocycles. The van der Waals surface area contributed by atoms with Gasteiger partial charge < -0.3 is 15.3 Å². The van der Waals surface area contributed by atoms with Crippen molar-refractivity contribution in [3.05, 3.63) is 65.7 Å². The number of carboxylic acids is 2. The Bertz CT molecular complexity index is 575. The number of aliphatic carboxylic acids is 2. The van der Waals surface area contributed by atoms with Gasteiger partial charge in [0.25, 0.3) is 0 Å². The molecule has 0 saturated carbocycles. The average Bonchev–Trinajstić information content (AvgIpc) is 2.42. The summed E-state index contributed by atoms with van der Waals surface area (Å²) >= 11 is 0. The quantitative estimate of drug-likeness (QED) is 0.802. The number of phenolic OH excluding ortho intramolecular Hbond substituents is 1. The molecule has 0 saturated heterocycles. The SMILES string of the molecule is O=C(O)Cc1ccc(O)cc1.O=C(O)Cc1ccccc1. The third-order valence-electron chi connectivity index (χ3n) is 2.49. The van der Waals surface area contributed by atoms with Gasteiger partial charge in [-0.3, -0.25) is 9.59 Å². The number of benzene rings is 2. The topological polar surface area (TPSA) is 94.8 Å². The van der Waals surface area contributed by atoms with E-state index in [0.29, 0.717) is 5.56 Å². The third-order valence-corrected chi connectivity index (χ3v) is 2.49. The summed E-state index contributed by atoms with van der Waals surface area (Å²) in [4.78, 5) is 20.4. The van der Waals surface area contributed by atoms with Gasteiger partial charge in [-0.25, -0.2) is 0 Å². The lowest BCUT2D eigenvalue weighted by Gasteiger charge is -1.95. The molecule has 5 nitrogen and oxygen atoms in total. The normalized spacial score (nSPS) is 9.33. The molecule has 0 aromatic heterocycles. The number of carboxylic acid groups (broad SMARTS) is 2. The molecule has 2 aromatic carbocycles. The zero-order chi connectivity index (χ0) is 15.7. The molecule has 0 spiro atoms. The van der Waals surface area contributed by atoms with Crippen molar-refractivity contribution in [3.63, 3.8) is 0 Å². The van der Waals surface area contributed by atoms with Crippen LogP contribution >= 0.6 is 0 Å². The number of hydrogen-bond donors (Lipinski definition) is 3. The van der Waals surface area contributed by atoms with Crippen LogP contribution < -0.4 is 0 Å². The molecule has 110 valence electrons. The molecule has 0 aliphatic rings. The lowest BCUT2D eigenvalue weighted by molar-refractivity contribution is -0.137. The Morgan fingerprint density at radius 3 is 1.57 bits per heavy atom. The maximum atomic E-state index is 10.2. The zero-order valence-corrected chi connectivity index (χ0v) is 11.3. The van der Waals surface area contributed by atoms with Crippen molar-refractivity contribution in [3.8, 4) is 5.75 Å². The van der Waals surface area contributed by atoms with Crippen LogP contribution in [0.25, 0.3) is 0 Å². The van der Waals surface area contributed by atoms with Gasteiger partial charge in [0.1, 0.15) is 5.75 Å². The highest BCUT2D eigenvalue weighted by Gasteiger charge is 1.98. The van der Waals surface area contributed by atoms with Gasteiger partial charge in [-0.05, 0) is 23.3 Å². The molecule has 0 aliphatic carbocycles. The minimum absolute atomic E-state index is 0.000278. The fourth-order valence-corrected chi connectivity index (χ4v) is 1.56. The summed E-state index contributed by atoms with van der Waals surface area (Å²) in [6.07, 6.45) is 0.112. The summed E-state index contributed by atoms with van der Waals surface area (Å²) in [5.74, 6) is -1.50. The summed E-state index contributed by atoms with van der Waals surface area (Å²) in [5, 5.41) is 25.6. The van der Waals surface area contributed by atoms with E-state index in [9.17, 15) is 9.59 Å². The first kappa shape index (κ1) is 16.2. The second-order valence-electron chi connectivity index (χ2n) is 4.29. The predicted molar refractivity (Wildman–Crippen MR) is 77.2 cm³/mol. The fourth-order valence-electron chi connectivity index (χ4n) is 1.56. The Kier molecular flexibility index (Phi) is 6.47. The van der Waals surface area contributed by atoms with Crippen LogP contribution in [-0.4, -0.2) is 27.3 Å². The van der Waals surface area contributed by atoms with Gasteiger partial charge >= 0.3 is 11.9 Å². The molecule has 3 N–H and O–H groups in total. The summed E-state index contributed by atoms with van der Waals surface area (Å²) in [6, 6.07) is 15.2. The van der Waals surface area contributed by atoms with Gasteiger partial charge in [-0.15, -0.1) is 0 Å². The lowest BCUT2D eigenvalue weighted by atomic mass is 10.1. The summed E-state index contributed by atoms with van der Waals surface area (Å²) in [6.45, 7) is 0. The first-order valence-corrected chi connectivity index (χ1v) is 6.23. The van der Waals surface area contributed by atoms with Crippen molar-refractivity contribution in [2.24, 2.45) is 0 Å². The van der Waals surface area contributed by atoms with Gasteiger partial charge in [0.15, 0.2) is 0 Å². The van der Waals surface area contributed by atoms with Gasteiger partial charge in [-0.2, -0.15) is 0 Å². The molecule has 0 atom stereocenters. The van der Waals surface area contributed by atoms with Crippen molar-refractivity contribution >= 4 is 11.9 Å². The van der Waals surface area contributed by atoms with Crippen LogP contribution in [0.5, 0.6) is 5.75 Å². The van der Waals surface area contributed by atoms with Crippen LogP contribution in [-0.2, 0) is 22.4 Å². The van der Waals surface area contributed by atoms with Crippen LogP contribution in [0.1, 0.15) is 11.1 Å². The molecule has 0 heterocycles. The van der Waals surface area contributed by atoms with Crippen molar-refractivity contribution in [2.45, 2.75) is 12.8 Å². The Balaban J connectivity index is 0.000000211. The minimum Gasteiger partial charge on any atom is -0.508 e. The Morgan fingerprint density at radius 2 is 1.14 bits per heavy atom. The van der Waals surface area contributed by atoms with Crippen molar-refractivity contribution in [1.82, 2.24) is 0 Å². The lowest BCUT2D eigenvalue weighted by Crippen LogP contribution is -1.98. The van der Waals surface area contributed by atoms with E-state index < -0.39 is 11.9 Å². The van der Waals surface area contributed by atoms with E-state index >= 15 is 0 Å². The monoisotopic (exact) mass is 288 g/mol. The molecular formula is C16H16O5. The maximum Gasteiger partial charge on any atom is 0.307 e. The molecule has 0 unspecified atom stereocenters. The number of aromatic hydroxyl groups is 1. The van der Waals surface area contributed by atoms with Crippen LogP contribution in [0.15, 0.2) is 54.6 Å². The number of carbonyl (C=O) groups is 2. The van der Waals surface area contributed by atoms with E-state index in [2.05, 4.69) is 0 Å². The Hall–Kier alpha value is -2.82. The van der Waals surface area contributed by atoms with E-state index in [1.54, 1.807) is 24.3 Å². The Morgan fingerprint density at radius 1 is 0.714 bits per heavy atom. The van der Waals surface area contributed by atoms with Crippen molar-refractivity contribution < 1.29 is 24.9 Å². The standard InChI is InChI=1S/C8H8O3.C8H8O2/c9-7-3-1-6(2-4-7)5-8(10)11;9-8(10)6-7-4-2-1-3-5-7/h1-4,9H,5H2,(H,10,11);1-5H,6H2,(H,9,10).